The summed E-state index contributed by atoms with van der Waals surface area (Å²) in [6.45, 7) is 1.87. The van der Waals surface area contributed by atoms with E-state index in [4.69, 9.17) is 14.0 Å². The normalized spacial score (nSPS) is 15.3. The number of aryl methyl sites for hydroxylation is 1. The number of nitrogens with zero attached hydrogens (tertiary/aromatic N) is 2. The van der Waals surface area contributed by atoms with Crippen molar-refractivity contribution in [3.63, 3.8) is 0 Å². The van der Waals surface area contributed by atoms with Crippen LogP contribution >= 0.6 is 0 Å². The molecule has 31 heavy (non-hydrogen) atoms. The molecule has 1 aliphatic rings. The molecule has 0 radical (unpaired) electrons. The molecule has 160 valence electrons. The van der Waals surface area contributed by atoms with Gasteiger partial charge in [0.05, 0.1) is 12.7 Å². The maximum Gasteiger partial charge on any atom is 0.328 e. The van der Waals surface area contributed by atoms with Gasteiger partial charge in [0, 0.05) is 19.0 Å². The van der Waals surface area contributed by atoms with Crippen molar-refractivity contribution in [1.29, 1.82) is 0 Å². The quantitative estimate of drug-likeness (QED) is 0.584. The Balaban J connectivity index is 1.61. The average molecular weight is 424 g/mol. The van der Waals surface area contributed by atoms with Gasteiger partial charge in [0.1, 0.15) is 30.0 Å². The zero-order valence-corrected chi connectivity index (χ0v) is 17.1. The van der Waals surface area contributed by atoms with Crippen molar-refractivity contribution in [2.45, 2.75) is 32.5 Å². The first-order chi connectivity index (χ1) is 15.0. The molecule has 0 spiro atoms. The highest BCUT2D eigenvalue weighted by Gasteiger charge is 2.38. The van der Waals surface area contributed by atoms with E-state index in [9.17, 15) is 14.0 Å². The molecule has 2 heterocycles. The number of fused-ring (bicyclic) bond motifs is 1. The number of hydrogen-bond acceptors (Lipinski definition) is 6. The Morgan fingerprint density at radius 1 is 1.19 bits per heavy atom. The third-order valence-electron chi connectivity index (χ3n) is 5.35. The van der Waals surface area contributed by atoms with Crippen LogP contribution in [0, 0.1) is 12.7 Å². The maximum absolute atomic E-state index is 13.4. The molecule has 0 saturated carbocycles. The number of halogens is 1. The van der Waals surface area contributed by atoms with Gasteiger partial charge in [-0.3, -0.25) is 4.79 Å². The second kappa shape index (κ2) is 8.59. The topological polar surface area (TPSA) is 81.9 Å². The van der Waals surface area contributed by atoms with Gasteiger partial charge in [-0.15, -0.1) is 0 Å². The number of ether oxygens (including phenoxy) is 2. The average Bonchev–Trinajstić information content (AvgIpc) is 3.16. The molecule has 1 aliphatic heterocycles. The van der Waals surface area contributed by atoms with Gasteiger partial charge < -0.3 is 18.9 Å². The molecule has 4 rings (SSSR count). The van der Waals surface area contributed by atoms with Gasteiger partial charge in [-0.25, -0.2) is 9.18 Å². The predicted molar refractivity (Wildman–Crippen MR) is 108 cm³/mol. The van der Waals surface area contributed by atoms with E-state index in [1.54, 1.807) is 13.0 Å². The van der Waals surface area contributed by atoms with E-state index < -0.39 is 23.7 Å². The molecule has 1 atom stereocenters. The lowest BCUT2D eigenvalue weighted by Crippen LogP contribution is -2.49. The van der Waals surface area contributed by atoms with E-state index in [0.29, 0.717) is 23.5 Å². The van der Waals surface area contributed by atoms with Crippen LogP contribution in [-0.2, 0) is 29.1 Å². The van der Waals surface area contributed by atoms with Crippen LogP contribution < -0.4 is 4.74 Å². The van der Waals surface area contributed by atoms with Gasteiger partial charge >= 0.3 is 5.97 Å². The van der Waals surface area contributed by atoms with Crippen LogP contribution in [0.1, 0.15) is 32.9 Å². The van der Waals surface area contributed by atoms with Crippen LogP contribution in [0.25, 0.3) is 0 Å². The van der Waals surface area contributed by atoms with E-state index >= 15 is 0 Å². The number of rotatable bonds is 5. The van der Waals surface area contributed by atoms with Gasteiger partial charge in [0.2, 0.25) is 0 Å². The van der Waals surface area contributed by atoms with Crippen LogP contribution in [0.15, 0.2) is 53.1 Å². The van der Waals surface area contributed by atoms with Gasteiger partial charge in [0.25, 0.3) is 5.91 Å². The van der Waals surface area contributed by atoms with Crippen LogP contribution in [0.3, 0.4) is 0 Å². The molecule has 1 amide bonds. The van der Waals surface area contributed by atoms with E-state index in [0.717, 1.165) is 11.1 Å². The highest BCUT2D eigenvalue weighted by Crippen LogP contribution is 2.27. The second-order valence-corrected chi connectivity index (χ2v) is 7.26. The Hall–Kier alpha value is -3.68. The molecule has 0 bridgehead atoms. The summed E-state index contributed by atoms with van der Waals surface area (Å²) in [6, 6.07) is 12.6. The first-order valence-electron chi connectivity index (χ1n) is 9.77. The maximum atomic E-state index is 13.4. The number of methoxy groups -OCH3 is 1. The van der Waals surface area contributed by atoms with Crippen molar-refractivity contribution in [3.8, 4) is 5.75 Å². The number of benzene rings is 2. The van der Waals surface area contributed by atoms with Crippen LogP contribution in [-0.4, -0.2) is 35.1 Å². The Kier molecular flexibility index (Phi) is 5.70. The Morgan fingerprint density at radius 2 is 1.97 bits per heavy atom. The number of carbonyl (C=O) groups is 2. The molecule has 0 N–H and O–H groups in total. The molecule has 0 saturated heterocycles. The number of hydrogen-bond donors (Lipinski definition) is 0. The minimum Gasteiger partial charge on any atom is -0.489 e. The molecule has 8 heteroatoms. The third kappa shape index (κ3) is 4.14. The fourth-order valence-electron chi connectivity index (χ4n) is 3.66. The zero-order valence-electron chi connectivity index (χ0n) is 17.1. The van der Waals surface area contributed by atoms with Gasteiger partial charge in [-0.1, -0.05) is 35.5 Å². The van der Waals surface area contributed by atoms with Crippen molar-refractivity contribution in [3.05, 3.63) is 82.5 Å². The SMILES string of the molecule is COC(=O)C1Cc2ccccc2CN1C(=O)c1noc(C)c1COc1cccc(F)c1. The minimum atomic E-state index is -0.776. The molecular weight excluding hydrogens is 403 g/mol. The van der Waals surface area contributed by atoms with Crippen LogP contribution in [0.2, 0.25) is 0 Å². The summed E-state index contributed by atoms with van der Waals surface area (Å²) in [5, 5.41) is 3.92. The van der Waals surface area contributed by atoms with E-state index in [2.05, 4.69) is 5.16 Å². The minimum absolute atomic E-state index is 0.0345. The van der Waals surface area contributed by atoms with E-state index in [1.807, 2.05) is 24.3 Å². The molecule has 7 nitrogen and oxygen atoms in total. The highest BCUT2D eigenvalue weighted by atomic mass is 19.1. The molecule has 1 aromatic heterocycles. The number of carbonyl (C=O) groups excluding carboxylic acids is 2. The predicted octanol–water partition coefficient (Wildman–Crippen LogP) is 3.44. The summed E-state index contributed by atoms with van der Waals surface area (Å²) >= 11 is 0. The van der Waals surface area contributed by atoms with Gasteiger partial charge in [-0.2, -0.15) is 0 Å². The lowest BCUT2D eigenvalue weighted by Gasteiger charge is -2.34. The lowest BCUT2D eigenvalue weighted by atomic mass is 9.93. The first kappa shape index (κ1) is 20.6. The lowest BCUT2D eigenvalue weighted by molar-refractivity contribution is -0.146. The molecule has 2 aromatic carbocycles. The fourth-order valence-corrected chi connectivity index (χ4v) is 3.66. The van der Waals surface area contributed by atoms with Crippen LogP contribution in [0.5, 0.6) is 5.75 Å². The number of esters is 1. The molecule has 0 fully saturated rings. The molecule has 1 unspecified atom stereocenters. The number of amides is 1. The Labute approximate surface area is 178 Å². The summed E-state index contributed by atoms with van der Waals surface area (Å²) in [5.41, 5.74) is 2.45. The number of aromatic nitrogens is 1. The summed E-state index contributed by atoms with van der Waals surface area (Å²) < 4.78 is 29.2. The molecular formula is C23H21FN2O5. The van der Waals surface area contributed by atoms with Gasteiger partial charge in [-0.05, 0) is 30.2 Å². The summed E-state index contributed by atoms with van der Waals surface area (Å²) in [5.74, 6) is -0.658. The standard InChI is InChI=1S/C23H21FN2O5/c1-14-19(13-30-18-9-5-8-17(24)11-18)21(25-31-14)22(27)26-12-16-7-4-3-6-15(16)10-20(26)23(28)29-2/h3-9,11,20H,10,12-13H2,1-2H3. The van der Waals surface area contributed by atoms with Gasteiger partial charge in [0.15, 0.2) is 5.69 Å². The van der Waals surface area contributed by atoms with Crippen molar-refractivity contribution in [2.75, 3.05) is 7.11 Å². The Morgan fingerprint density at radius 3 is 2.71 bits per heavy atom. The monoisotopic (exact) mass is 424 g/mol. The van der Waals surface area contributed by atoms with Crippen molar-refractivity contribution in [1.82, 2.24) is 10.1 Å². The van der Waals surface area contributed by atoms with Crippen LogP contribution in [0.4, 0.5) is 4.39 Å². The van der Waals surface area contributed by atoms with E-state index in [1.165, 1.54) is 30.2 Å². The Bertz CT molecular complexity index is 1130. The first-order valence-corrected chi connectivity index (χ1v) is 9.77. The smallest absolute Gasteiger partial charge is 0.328 e. The van der Waals surface area contributed by atoms with Crippen molar-refractivity contribution < 1.29 is 28.0 Å². The van der Waals surface area contributed by atoms with E-state index in [-0.39, 0.29) is 18.8 Å². The summed E-state index contributed by atoms with van der Waals surface area (Å²) in [7, 11) is 1.30. The largest absolute Gasteiger partial charge is 0.489 e. The van der Waals surface area contributed by atoms with Crippen molar-refractivity contribution in [2.24, 2.45) is 0 Å². The second-order valence-electron chi connectivity index (χ2n) is 7.26. The highest BCUT2D eigenvalue weighted by molar-refractivity contribution is 5.96. The fraction of sp³-hybridized carbons (Fsp3) is 0.261. The zero-order chi connectivity index (χ0) is 22.0. The molecule has 0 aliphatic carbocycles. The summed E-state index contributed by atoms with van der Waals surface area (Å²) in [6.07, 6.45) is 0.348. The van der Waals surface area contributed by atoms with Crippen molar-refractivity contribution >= 4 is 11.9 Å². The third-order valence-corrected chi connectivity index (χ3v) is 5.35. The summed E-state index contributed by atoms with van der Waals surface area (Å²) in [4.78, 5) is 27.3. The molecule has 3 aromatic rings.